The molecule has 1 aromatic heterocycles. The fourth-order valence-electron chi connectivity index (χ4n) is 1.46. The van der Waals surface area contributed by atoms with Crippen LogP contribution in [0.1, 0.15) is 26.5 Å². The highest BCUT2D eigenvalue weighted by molar-refractivity contribution is 7.99. The van der Waals surface area contributed by atoms with Gasteiger partial charge in [-0.1, -0.05) is 11.8 Å². The minimum atomic E-state index is -0.818. The predicted octanol–water partition coefficient (Wildman–Crippen LogP) is 2.12. The lowest BCUT2D eigenvalue weighted by atomic mass is 10.1. The molecule has 4 nitrogen and oxygen atoms in total. The number of nitrogens with zero attached hydrogens (tertiary/aromatic N) is 2. The van der Waals surface area contributed by atoms with E-state index in [2.05, 4.69) is 30.3 Å². The predicted molar refractivity (Wildman–Crippen MR) is 60.3 cm³/mol. The molecule has 1 heterocycles. The highest BCUT2D eigenvalue weighted by atomic mass is 32.2. The molecular weight excluding hydrogens is 212 g/mol. The van der Waals surface area contributed by atoms with Gasteiger partial charge in [-0.15, -0.1) is 0 Å². The van der Waals surface area contributed by atoms with Crippen LogP contribution in [0.4, 0.5) is 0 Å². The van der Waals surface area contributed by atoms with E-state index in [0.717, 1.165) is 10.9 Å². The molecule has 0 aliphatic heterocycles. The van der Waals surface area contributed by atoms with Gasteiger partial charge >= 0.3 is 5.97 Å². The molecule has 0 saturated carbocycles. The highest BCUT2D eigenvalue weighted by Crippen LogP contribution is 2.25. The number of imidazole rings is 1. The molecule has 5 heteroatoms. The molecule has 0 bridgehead atoms. The van der Waals surface area contributed by atoms with Crippen LogP contribution in [0.3, 0.4) is 0 Å². The van der Waals surface area contributed by atoms with Crippen LogP contribution in [0.25, 0.3) is 0 Å². The number of aliphatic carboxylic acids is 1. The largest absolute Gasteiger partial charge is 0.481 e. The van der Waals surface area contributed by atoms with Crippen molar-refractivity contribution in [3.05, 3.63) is 11.9 Å². The lowest BCUT2D eigenvalue weighted by molar-refractivity contribution is -0.133. The van der Waals surface area contributed by atoms with E-state index >= 15 is 0 Å². The molecule has 84 valence electrons. The van der Waals surface area contributed by atoms with Crippen molar-refractivity contribution in [1.29, 1.82) is 0 Å². The van der Waals surface area contributed by atoms with Gasteiger partial charge in [-0.25, -0.2) is 4.98 Å². The van der Waals surface area contributed by atoms with Crippen LogP contribution in [-0.4, -0.2) is 26.4 Å². The molecule has 0 aromatic carbocycles. The Labute approximate surface area is 93.7 Å². The van der Waals surface area contributed by atoms with E-state index in [9.17, 15) is 4.79 Å². The van der Waals surface area contributed by atoms with Gasteiger partial charge in [-0.2, -0.15) is 0 Å². The van der Waals surface area contributed by atoms with Crippen molar-refractivity contribution >= 4 is 17.7 Å². The Morgan fingerprint density at radius 3 is 2.67 bits per heavy atom. The van der Waals surface area contributed by atoms with Crippen molar-refractivity contribution in [2.75, 3.05) is 5.75 Å². The summed E-state index contributed by atoms with van der Waals surface area (Å²) in [5.74, 6) is -0.770. The van der Waals surface area contributed by atoms with E-state index in [0.29, 0.717) is 0 Å². The first kappa shape index (κ1) is 12.1. The van der Waals surface area contributed by atoms with Gasteiger partial charge in [0, 0.05) is 17.4 Å². The van der Waals surface area contributed by atoms with Crippen LogP contribution in [0, 0.1) is 6.92 Å². The van der Waals surface area contributed by atoms with Crippen LogP contribution in [-0.2, 0) is 10.3 Å². The van der Waals surface area contributed by atoms with Gasteiger partial charge in [0.1, 0.15) is 0 Å². The second kappa shape index (κ2) is 4.26. The van der Waals surface area contributed by atoms with Gasteiger partial charge in [-0.3, -0.25) is 4.79 Å². The van der Waals surface area contributed by atoms with Crippen molar-refractivity contribution in [1.82, 2.24) is 9.55 Å². The van der Waals surface area contributed by atoms with Crippen LogP contribution in [0.5, 0.6) is 0 Å². The average molecular weight is 228 g/mol. The topological polar surface area (TPSA) is 55.1 Å². The number of aromatic nitrogens is 2. The van der Waals surface area contributed by atoms with Crippen molar-refractivity contribution in [3.8, 4) is 0 Å². The average Bonchev–Trinajstić information content (AvgIpc) is 2.42. The van der Waals surface area contributed by atoms with Gasteiger partial charge in [0.25, 0.3) is 0 Å². The monoisotopic (exact) mass is 228 g/mol. The van der Waals surface area contributed by atoms with Crippen molar-refractivity contribution in [2.24, 2.45) is 0 Å². The molecule has 1 rings (SSSR count). The molecule has 1 aromatic rings. The number of hydrogen-bond acceptors (Lipinski definition) is 3. The minimum absolute atomic E-state index is 0.0481. The zero-order valence-electron chi connectivity index (χ0n) is 9.44. The number of carboxylic acid groups (broad SMARTS) is 1. The first-order chi connectivity index (χ1) is 6.82. The summed E-state index contributed by atoms with van der Waals surface area (Å²) in [4.78, 5) is 14.7. The van der Waals surface area contributed by atoms with E-state index < -0.39 is 5.97 Å². The zero-order valence-corrected chi connectivity index (χ0v) is 10.3. The van der Waals surface area contributed by atoms with E-state index in [1.54, 1.807) is 6.20 Å². The van der Waals surface area contributed by atoms with Crippen LogP contribution >= 0.6 is 11.8 Å². The van der Waals surface area contributed by atoms with Crippen LogP contribution < -0.4 is 0 Å². The fourth-order valence-corrected chi connectivity index (χ4v) is 2.39. The van der Waals surface area contributed by atoms with E-state index in [1.807, 2.05) is 6.92 Å². The van der Waals surface area contributed by atoms with Gasteiger partial charge in [0.05, 0.1) is 5.75 Å². The molecule has 0 saturated heterocycles. The zero-order chi connectivity index (χ0) is 11.6. The normalized spacial score (nSPS) is 11.7. The molecule has 0 aliphatic carbocycles. The van der Waals surface area contributed by atoms with E-state index in [1.165, 1.54) is 11.8 Å². The summed E-state index contributed by atoms with van der Waals surface area (Å²) in [6, 6.07) is 0. The summed E-state index contributed by atoms with van der Waals surface area (Å²) in [7, 11) is 0. The summed E-state index contributed by atoms with van der Waals surface area (Å²) in [6.45, 7) is 8.20. The number of hydrogen-bond donors (Lipinski definition) is 1. The quantitative estimate of drug-likeness (QED) is 0.805. The molecule has 0 spiro atoms. The Bertz CT molecular complexity index is 366. The number of rotatable bonds is 3. The van der Waals surface area contributed by atoms with Crippen molar-refractivity contribution in [3.63, 3.8) is 0 Å². The minimum Gasteiger partial charge on any atom is -0.481 e. The highest BCUT2D eigenvalue weighted by Gasteiger charge is 2.20. The third-order valence-corrected chi connectivity index (χ3v) is 2.84. The van der Waals surface area contributed by atoms with Crippen molar-refractivity contribution in [2.45, 2.75) is 38.4 Å². The van der Waals surface area contributed by atoms with Gasteiger partial charge in [0.2, 0.25) is 0 Å². The SMILES string of the molecule is Cc1cnc(SCC(=O)O)n1C(C)(C)C. The maximum atomic E-state index is 10.5. The Morgan fingerprint density at radius 1 is 1.60 bits per heavy atom. The number of thioether (sulfide) groups is 1. The standard InChI is InChI=1S/C10H16N2O2S/c1-7-5-11-9(15-6-8(13)14)12(7)10(2,3)4/h5H,6H2,1-4H3,(H,13,14). The molecular formula is C10H16N2O2S. The second-order valence-electron chi connectivity index (χ2n) is 4.37. The van der Waals surface area contributed by atoms with Gasteiger partial charge < -0.3 is 9.67 Å². The molecule has 0 atom stereocenters. The van der Waals surface area contributed by atoms with Crippen LogP contribution in [0.15, 0.2) is 11.4 Å². The summed E-state index contributed by atoms with van der Waals surface area (Å²) >= 11 is 1.26. The molecule has 0 radical (unpaired) electrons. The summed E-state index contributed by atoms with van der Waals surface area (Å²) in [6.07, 6.45) is 1.77. The number of carbonyl (C=O) groups is 1. The Morgan fingerprint density at radius 2 is 2.20 bits per heavy atom. The third kappa shape index (κ3) is 2.99. The molecule has 15 heavy (non-hydrogen) atoms. The number of carboxylic acids is 1. The molecule has 0 aliphatic rings. The van der Waals surface area contributed by atoms with Gasteiger partial charge in [0.15, 0.2) is 5.16 Å². The molecule has 1 N–H and O–H groups in total. The van der Waals surface area contributed by atoms with Crippen molar-refractivity contribution < 1.29 is 9.90 Å². The summed E-state index contributed by atoms with van der Waals surface area (Å²) in [5.41, 5.74) is 0.983. The fraction of sp³-hybridized carbons (Fsp3) is 0.600. The molecule has 0 fully saturated rings. The number of aryl methyl sites for hydroxylation is 1. The Hall–Kier alpha value is -0.970. The first-order valence-corrected chi connectivity index (χ1v) is 5.70. The summed E-state index contributed by atoms with van der Waals surface area (Å²) < 4.78 is 2.06. The van der Waals surface area contributed by atoms with E-state index in [-0.39, 0.29) is 11.3 Å². The maximum Gasteiger partial charge on any atom is 0.313 e. The third-order valence-electron chi connectivity index (χ3n) is 1.90. The van der Waals surface area contributed by atoms with E-state index in [4.69, 9.17) is 5.11 Å². The smallest absolute Gasteiger partial charge is 0.313 e. The lowest BCUT2D eigenvalue weighted by Crippen LogP contribution is -2.24. The maximum absolute atomic E-state index is 10.5. The van der Waals surface area contributed by atoms with Crippen LogP contribution in [0.2, 0.25) is 0 Å². The molecule has 0 unspecified atom stereocenters. The van der Waals surface area contributed by atoms with Gasteiger partial charge in [-0.05, 0) is 27.7 Å². The Kier molecular flexibility index (Phi) is 3.44. The second-order valence-corrected chi connectivity index (χ2v) is 5.31. The Balaban J connectivity index is 2.94. The molecule has 0 amide bonds. The lowest BCUT2D eigenvalue weighted by Gasteiger charge is -2.24. The first-order valence-electron chi connectivity index (χ1n) is 4.72. The summed E-state index contributed by atoms with van der Waals surface area (Å²) in [5, 5.41) is 9.38.